The summed E-state index contributed by atoms with van der Waals surface area (Å²) in [5.74, 6) is 0.851. The van der Waals surface area contributed by atoms with Gasteiger partial charge in [0.1, 0.15) is 5.54 Å². The van der Waals surface area contributed by atoms with Crippen LogP contribution in [0.5, 0.6) is 0 Å². The van der Waals surface area contributed by atoms with Crippen molar-refractivity contribution < 1.29 is 0 Å². The average Bonchev–Trinajstić information content (AvgIpc) is 2.09. The Morgan fingerprint density at radius 1 is 1.57 bits per heavy atom. The third-order valence-corrected chi connectivity index (χ3v) is 3.00. The highest BCUT2D eigenvalue weighted by atomic mass is 15.1. The molecule has 0 spiro atoms. The molecule has 0 bridgehead atoms. The molecule has 80 valence electrons. The van der Waals surface area contributed by atoms with Crippen molar-refractivity contribution in [2.45, 2.75) is 38.6 Å². The van der Waals surface area contributed by atoms with Gasteiger partial charge in [0.05, 0.1) is 6.07 Å². The molecule has 1 rings (SSSR count). The molecule has 0 amide bonds. The van der Waals surface area contributed by atoms with Gasteiger partial charge in [-0.2, -0.15) is 5.26 Å². The number of nitriles is 1. The van der Waals surface area contributed by atoms with Crippen molar-refractivity contribution in [2.24, 2.45) is 11.7 Å². The van der Waals surface area contributed by atoms with Gasteiger partial charge in [-0.1, -0.05) is 13.3 Å². The summed E-state index contributed by atoms with van der Waals surface area (Å²) in [4.78, 5) is 2.30. The molecule has 1 unspecified atom stereocenters. The van der Waals surface area contributed by atoms with E-state index in [1.54, 1.807) is 6.92 Å². The van der Waals surface area contributed by atoms with Crippen LogP contribution in [0.1, 0.15) is 33.1 Å². The van der Waals surface area contributed by atoms with E-state index >= 15 is 0 Å². The van der Waals surface area contributed by atoms with Crippen LogP contribution in [-0.2, 0) is 0 Å². The van der Waals surface area contributed by atoms with Crippen LogP contribution >= 0.6 is 0 Å². The Labute approximate surface area is 86.9 Å². The quantitative estimate of drug-likeness (QED) is 0.720. The van der Waals surface area contributed by atoms with Crippen LogP contribution in [0, 0.1) is 17.2 Å². The number of hydrogen-bond donors (Lipinski definition) is 1. The van der Waals surface area contributed by atoms with Crippen molar-refractivity contribution in [3.8, 4) is 6.07 Å². The molecule has 0 aromatic rings. The van der Waals surface area contributed by atoms with Crippen LogP contribution < -0.4 is 5.73 Å². The first-order chi connectivity index (χ1) is 6.57. The number of likely N-dealkylation sites (N-methyl/N-ethyl adjacent to an activating group) is 1. The predicted molar refractivity (Wildman–Crippen MR) is 57.7 cm³/mol. The first kappa shape index (κ1) is 11.5. The van der Waals surface area contributed by atoms with E-state index in [-0.39, 0.29) is 0 Å². The van der Waals surface area contributed by atoms with Crippen molar-refractivity contribution in [2.75, 3.05) is 19.6 Å². The zero-order chi connectivity index (χ0) is 10.6. The van der Waals surface area contributed by atoms with E-state index in [1.165, 1.54) is 19.3 Å². The Hall–Kier alpha value is -0.590. The van der Waals surface area contributed by atoms with Crippen molar-refractivity contribution in [1.29, 1.82) is 5.26 Å². The second-order valence-electron chi connectivity index (χ2n) is 4.65. The molecular weight excluding hydrogens is 174 g/mol. The third kappa shape index (κ3) is 3.28. The average molecular weight is 195 g/mol. The molecule has 1 saturated carbocycles. The molecule has 0 radical (unpaired) electrons. The summed E-state index contributed by atoms with van der Waals surface area (Å²) in [7, 11) is 0. The fourth-order valence-corrected chi connectivity index (χ4v) is 1.85. The lowest BCUT2D eigenvalue weighted by Gasteiger charge is -2.34. The third-order valence-electron chi connectivity index (χ3n) is 3.00. The van der Waals surface area contributed by atoms with E-state index in [1.807, 2.05) is 0 Å². The van der Waals surface area contributed by atoms with Crippen LogP contribution in [0.4, 0.5) is 0 Å². The van der Waals surface area contributed by atoms with Gasteiger partial charge < -0.3 is 10.6 Å². The Morgan fingerprint density at radius 3 is 2.57 bits per heavy atom. The van der Waals surface area contributed by atoms with Gasteiger partial charge in [0.25, 0.3) is 0 Å². The first-order valence-electron chi connectivity index (χ1n) is 5.50. The molecule has 1 atom stereocenters. The standard InChI is InChI=1S/C11H21N3/c1-3-14(7-10-5-4-6-10)9-11(2,13)8-12/h10H,3-7,9,13H2,1-2H3. The summed E-state index contributed by atoms with van der Waals surface area (Å²) in [6.45, 7) is 6.73. The van der Waals surface area contributed by atoms with Gasteiger partial charge >= 0.3 is 0 Å². The zero-order valence-corrected chi connectivity index (χ0v) is 9.29. The smallest absolute Gasteiger partial charge is 0.114 e. The van der Waals surface area contributed by atoms with E-state index < -0.39 is 5.54 Å². The Kier molecular flexibility index (Phi) is 3.91. The van der Waals surface area contributed by atoms with Crippen LogP contribution in [0.2, 0.25) is 0 Å². The largest absolute Gasteiger partial charge is 0.313 e. The summed E-state index contributed by atoms with van der Waals surface area (Å²) in [5.41, 5.74) is 5.13. The minimum atomic E-state index is -0.695. The van der Waals surface area contributed by atoms with Crippen LogP contribution in [0.25, 0.3) is 0 Å². The molecule has 2 N–H and O–H groups in total. The Bertz CT molecular complexity index is 213. The second kappa shape index (κ2) is 4.77. The molecule has 1 aliphatic rings. The fraction of sp³-hybridized carbons (Fsp3) is 0.909. The Morgan fingerprint density at radius 2 is 2.21 bits per heavy atom. The van der Waals surface area contributed by atoms with E-state index in [2.05, 4.69) is 17.9 Å². The van der Waals surface area contributed by atoms with Gasteiger partial charge in [0.15, 0.2) is 0 Å². The molecule has 0 aromatic carbocycles. The topological polar surface area (TPSA) is 53.0 Å². The van der Waals surface area contributed by atoms with E-state index in [9.17, 15) is 0 Å². The summed E-state index contributed by atoms with van der Waals surface area (Å²) in [6, 6.07) is 2.15. The van der Waals surface area contributed by atoms with Crippen molar-refractivity contribution >= 4 is 0 Å². The van der Waals surface area contributed by atoms with E-state index in [0.29, 0.717) is 6.54 Å². The minimum Gasteiger partial charge on any atom is -0.313 e. The molecule has 14 heavy (non-hydrogen) atoms. The highest BCUT2D eigenvalue weighted by molar-refractivity contribution is 5.03. The maximum Gasteiger partial charge on any atom is 0.114 e. The summed E-state index contributed by atoms with van der Waals surface area (Å²) < 4.78 is 0. The van der Waals surface area contributed by atoms with Crippen LogP contribution in [0.15, 0.2) is 0 Å². The maximum absolute atomic E-state index is 8.84. The highest BCUT2D eigenvalue weighted by Crippen LogP contribution is 2.27. The fourth-order valence-electron chi connectivity index (χ4n) is 1.85. The number of nitrogens with zero attached hydrogens (tertiary/aromatic N) is 2. The van der Waals surface area contributed by atoms with Crippen molar-refractivity contribution in [3.05, 3.63) is 0 Å². The van der Waals surface area contributed by atoms with Gasteiger partial charge in [-0.3, -0.25) is 0 Å². The van der Waals surface area contributed by atoms with Gasteiger partial charge in [-0.05, 0) is 32.2 Å². The molecule has 3 heteroatoms. The molecule has 1 aliphatic carbocycles. The van der Waals surface area contributed by atoms with Crippen molar-refractivity contribution in [1.82, 2.24) is 4.90 Å². The van der Waals surface area contributed by atoms with Gasteiger partial charge in [-0.25, -0.2) is 0 Å². The van der Waals surface area contributed by atoms with E-state index in [0.717, 1.165) is 19.0 Å². The highest BCUT2D eigenvalue weighted by Gasteiger charge is 2.25. The summed E-state index contributed by atoms with van der Waals surface area (Å²) in [6.07, 6.45) is 4.08. The van der Waals surface area contributed by atoms with Crippen molar-refractivity contribution in [3.63, 3.8) is 0 Å². The SMILES string of the molecule is CCN(CC1CCC1)CC(C)(N)C#N. The zero-order valence-electron chi connectivity index (χ0n) is 9.29. The lowest BCUT2D eigenvalue weighted by Crippen LogP contribution is -2.48. The van der Waals surface area contributed by atoms with Gasteiger partial charge in [0, 0.05) is 13.1 Å². The summed E-state index contributed by atoms with van der Waals surface area (Å²) in [5, 5.41) is 8.84. The number of rotatable bonds is 5. The van der Waals surface area contributed by atoms with Crippen LogP contribution in [0.3, 0.4) is 0 Å². The number of nitrogens with two attached hydrogens (primary N) is 1. The minimum absolute atomic E-state index is 0.691. The van der Waals surface area contributed by atoms with Gasteiger partial charge in [0.2, 0.25) is 0 Å². The van der Waals surface area contributed by atoms with Crippen LogP contribution in [-0.4, -0.2) is 30.1 Å². The molecule has 3 nitrogen and oxygen atoms in total. The molecule has 0 heterocycles. The Balaban J connectivity index is 2.34. The second-order valence-corrected chi connectivity index (χ2v) is 4.65. The lowest BCUT2D eigenvalue weighted by molar-refractivity contribution is 0.168. The first-order valence-corrected chi connectivity index (χ1v) is 5.50. The maximum atomic E-state index is 8.84. The predicted octanol–water partition coefficient (Wildman–Crippen LogP) is 1.35. The normalized spacial score (nSPS) is 21.4. The monoisotopic (exact) mass is 195 g/mol. The molecule has 0 saturated heterocycles. The van der Waals surface area contributed by atoms with E-state index in [4.69, 9.17) is 11.0 Å². The molecular formula is C11H21N3. The number of hydrogen-bond acceptors (Lipinski definition) is 3. The molecule has 1 fully saturated rings. The summed E-state index contributed by atoms with van der Waals surface area (Å²) >= 11 is 0. The van der Waals surface area contributed by atoms with Gasteiger partial charge in [-0.15, -0.1) is 0 Å². The molecule has 0 aromatic heterocycles. The molecule has 0 aliphatic heterocycles. The lowest BCUT2D eigenvalue weighted by atomic mass is 9.85.